The number of nitrogens with one attached hydrogen (secondary N) is 1. The Hall–Kier alpha value is -3.77. The van der Waals surface area contributed by atoms with E-state index in [2.05, 4.69) is 9.97 Å². The Morgan fingerprint density at radius 3 is 2.43 bits per heavy atom. The lowest BCUT2D eigenvalue weighted by molar-refractivity contribution is 0.103. The van der Waals surface area contributed by atoms with Crippen LogP contribution in [0.5, 0.6) is 5.75 Å². The molecule has 0 aliphatic heterocycles. The minimum absolute atomic E-state index is 0.105. The van der Waals surface area contributed by atoms with E-state index in [9.17, 15) is 9.59 Å². The number of benzene rings is 3. The van der Waals surface area contributed by atoms with Gasteiger partial charge in [-0.05, 0) is 42.5 Å². The van der Waals surface area contributed by atoms with Crippen LogP contribution >= 0.6 is 0 Å². The molecule has 0 saturated carbocycles. The summed E-state index contributed by atoms with van der Waals surface area (Å²) >= 11 is 0. The number of ketones is 1. The average Bonchev–Trinajstić information content (AvgIpc) is 2.79. The van der Waals surface area contributed by atoms with Crippen molar-refractivity contribution < 1.29 is 14.3 Å². The van der Waals surface area contributed by atoms with Crippen LogP contribution in [-0.2, 0) is 4.74 Å². The van der Waals surface area contributed by atoms with Crippen molar-refractivity contribution >= 4 is 16.8 Å². The number of rotatable bonds is 7. The van der Waals surface area contributed by atoms with Crippen molar-refractivity contribution in [2.45, 2.75) is 0 Å². The van der Waals surface area contributed by atoms with Crippen LogP contribution in [0.25, 0.3) is 22.3 Å². The first kappa shape index (κ1) is 19.5. The van der Waals surface area contributed by atoms with Gasteiger partial charge in [0.15, 0.2) is 5.78 Å². The topological polar surface area (TPSA) is 81.3 Å². The van der Waals surface area contributed by atoms with Crippen molar-refractivity contribution in [2.24, 2.45) is 0 Å². The van der Waals surface area contributed by atoms with Gasteiger partial charge in [-0.2, -0.15) is 0 Å². The first-order valence-electron chi connectivity index (χ1n) is 9.52. The van der Waals surface area contributed by atoms with Crippen LogP contribution in [0.15, 0.2) is 77.6 Å². The molecule has 0 spiro atoms. The Kier molecular flexibility index (Phi) is 5.68. The quantitative estimate of drug-likeness (QED) is 0.376. The lowest BCUT2D eigenvalue weighted by Gasteiger charge is -2.07. The predicted molar refractivity (Wildman–Crippen MR) is 115 cm³/mol. The van der Waals surface area contributed by atoms with Gasteiger partial charge in [-0.25, -0.2) is 4.98 Å². The zero-order valence-corrected chi connectivity index (χ0v) is 16.4. The van der Waals surface area contributed by atoms with Crippen LogP contribution in [0.2, 0.25) is 0 Å². The van der Waals surface area contributed by atoms with Crippen molar-refractivity contribution in [2.75, 3.05) is 20.3 Å². The lowest BCUT2D eigenvalue weighted by atomic mass is 10.0. The highest BCUT2D eigenvalue weighted by atomic mass is 16.5. The Labute approximate surface area is 173 Å². The zero-order chi connectivity index (χ0) is 20.9. The number of carbonyl (C=O) groups is 1. The molecule has 30 heavy (non-hydrogen) atoms. The molecular weight excluding hydrogens is 380 g/mol. The van der Waals surface area contributed by atoms with Crippen molar-refractivity contribution in [1.82, 2.24) is 9.97 Å². The Morgan fingerprint density at radius 2 is 1.70 bits per heavy atom. The minimum Gasteiger partial charge on any atom is -0.491 e. The third kappa shape index (κ3) is 4.14. The van der Waals surface area contributed by atoms with Gasteiger partial charge in [-0.3, -0.25) is 9.59 Å². The first-order chi connectivity index (χ1) is 14.7. The summed E-state index contributed by atoms with van der Waals surface area (Å²) in [7, 11) is 1.62. The van der Waals surface area contributed by atoms with Crippen LogP contribution in [0.3, 0.4) is 0 Å². The zero-order valence-electron chi connectivity index (χ0n) is 16.4. The molecule has 0 amide bonds. The highest BCUT2D eigenvalue weighted by Gasteiger charge is 2.12. The predicted octanol–water partition coefficient (Wildman–Crippen LogP) is 3.85. The monoisotopic (exact) mass is 400 g/mol. The lowest BCUT2D eigenvalue weighted by Crippen LogP contribution is -2.12. The van der Waals surface area contributed by atoms with Crippen molar-refractivity contribution in [3.05, 3.63) is 94.3 Å². The Bertz CT molecular complexity index is 1230. The molecule has 0 fully saturated rings. The number of fused-ring (bicyclic) bond motifs is 1. The van der Waals surface area contributed by atoms with Gasteiger partial charge < -0.3 is 14.5 Å². The molecule has 0 unspecified atom stereocenters. The normalized spacial score (nSPS) is 10.8. The van der Waals surface area contributed by atoms with Crippen molar-refractivity contribution in [1.29, 1.82) is 0 Å². The summed E-state index contributed by atoms with van der Waals surface area (Å²) in [5, 5.41) is 0. The molecule has 6 heteroatoms. The molecule has 6 nitrogen and oxygen atoms in total. The molecule has 0 saturated heterocycles. The molecule has 1 heterocycles. The second kappa shape index (κ2) is 8.71. The van der Waals surface area contributed by atoms with Crippen molar-refractivity contribution in [3.63, 3.8) is 0 Å². The Morgan fingerprint density at radius 1 is 0.933 bits per heavy atom. The standard InChI is InChI=1S/C24H20N2O4/c1-29-13-14-30-19-10-7-16(8-11-19)22-24(28)26-21-15-18(9-12-20(21)25-22)23(27)17-5-3-2-4-6-17/h2-12,15H,13-14H2,1H3,(H,26,28). The number of H-pyrrole nitrogens is 1. The number of nitrogens with zero attached hydrogens (tertiary/aromatic N) is 1. The molecule has 0 radical (unpaired) electrons. The average molecular weight is 400 g/mol. The van der Waals surface area contributed by atoms with Crippen LogP contribution in [0.4, 0.5) is 0 Å². The SMILES string of the molecule is COCCOc1ccc(-c2nc3ccc(C(=O)c4ccccc4)cc3[nH]c2=O)cc1. The number of methoxy groups -OCH3 is 1. The van der Waals surface area contributed by atoms with Gasteiger partial charge in [-0.1, -0.05) is 30.3 Å². The number of carbonyl (C=O) groups excluding carboxylic acids is 1. The van der Waals surface area contributed by atoms with Crippen molar-refractivity contribution in [3.8, 4) is 17.0 Å². The van der Waals surface area contributed by atoms with Crippen LogP contribution in [0.1, 0.15) is 15.9 Å². The van der Waals surface area contributed by atoms with Gasteiger partial charge in [0.2, 0.25) is 0 Å². The largest absolute Gasteiger partial charge is 0.491 e. The fourth-order valence-electron chi connectivity index (χ4n) is 3.13. The number of hydrogen-bond donors (Lipinski definition) is 1. The second-order valence-electron chi connectivity index (χ2n) is 6.71. The third-order valence-electron chi connectivity index (χ3n) is 4.67. The maximum absolute atomic E-state index is 12.7. The summed E-state index contributed by atoms with van der Waals surface area (Å²) in [6.07, 6.45) is 0. The van der Waals surface area contributed by atoms with E-state index in [1.54, 1.807) is 61.7 Å². The van der Waals surface area contributed by atoms with E-state index in [0.29, 0.717) is 52.4 Å². The minimum atomic E-state index is -0.320. The molecule has 4 aromatic rings. The van der Waals surface area contributed by atoms with Gasteiger partial charge in [0.05, 0.1) is 17.6 Å². The van der Waals surface area contributed by atoms with Gasteiger partial charge >= 0.3 is 0 Å². The molecule has 150 valence electrons. The van der Waals surface area contributed by atoms with Gasteiger partial charge in [-0.15, -0.1) is 0 Å². The summed E-state index contributed by atoms with van der Waals surface area (Å²) in [5.74, 6) is 0.587. The van der Waals surface area contributed by atoms with E-state index in [0.717, 1.165) is 0 Å². The fourth-order valence-corrected chi connectivity index (χ4v) is 3.13. The maximum Gasteiger partial charge on any atom is 0.274 e. The molecule has 1 N–H and O–H groups in total. The molecule has 3 aromatic carbocycles. The van der Waals surface area contributed by atoms with Crippen LogP contribution in [0, 0.1) is 0 Å². The number of ether oxygens (including phenoxy) is 2. The van der Waals surface area contributed by atoms with E-state index >= 15 is 0 Å². The summed E-state index contributed by atoms with van der Waals surface area (Å²) in [4.78, 5) is 32.6. The van der Waals surface area contributed by atoms with Gasteiger partial charge in [0.25, 0.3) is 5.56 Å². The highest BCUT2D eigenvalue weighted by Crippen LogP contribution is 2.21. The fraction of sp³-hybridized carbons (Fsp3) is 0.125. The van der Waals surface area contributed by atoms with Crippen LogP contribution in [-0.4, -0.2) is 36.1 Å². The summed E-state index contributed by atoms with van der Waals surface area (Å²) in [6, 6.07) is 21.3. The molecular formula is C24H20N2O4. The molecule has 0 atom stereocenters. The summed E-state index contributed by atoms with van der Waals surface area (Å²) in [6.45, 7) is 0.955. The molecule has 0 aliphatic rings. The number of aromatic amines is 1. The Balaban J connectivity index is 1.63. The second-order valence-corrected chi connectivity index (χ2v) is 6.71. The van der Waals surface area contributed by atoms with Gasteiger partial charge in [0, 0.05) is 23.8 Å². The summed E-state index contributed by atoms with van der Waals surface area (Å²) < 4.78 is 10.5. The third-order valence-corrected chi connectivity index (χ3v) is 4.67. The van der Waals surface area contributed by atoms with Crippen LogP contribution < -0.4 is 10.3 Å². The van der Waals surface area contributed by atoms with E-state index in [1.807, 2.05) is 18.2 Å². The number of aromatic nitrogens is 2. The van der Waals surface area contributed by atoms with E-state index < -0.39 is 0 Å². The van der Waals surface area contributed by atoms with Gasteiger partial charge in [0.1, 0.15) is 18.1 Å². The molecule has 0 aliphatic carbocycles. The number of hydrogen-bond acceptors (Lipinski definition) is 5. The van der Waals surface area contributed by atoms with E-state index in [-0.39, 0.29) is 11.3 Å². The first-order valence-corrected chi connectivity index (χ1v) is 9.52. The molecule has 1 aromatic heterocycles. The smallest absolute Gasteiger partial charge is 0.274 e. The maximum atomic E-state index is 12.7. The van der Waals surface area contributed by atoms with E-state index in [4.69, 9.17) is 9.47 Å². The molecule has 0 bridgehead atoms. The van der Waals surface area contributed by atoms with E-state index in [1.165, 1.54) is 0 Å². The summed E-state index contributed by atoms with van der Waals surface area (Å²) in [5.41, 5.74) is 2.89. The molecule has 4 rings (SSSR count). The highest BCUT2D eigenvalue weighted by molar-refractivity contribution is 6.10.